The van der Waals surface area contributed by atoms with E-state index in [-0.39, 0.29) is 16.7 Å². The van der Waals surface area contributed by atoms with Crippen molar-refractivity contribution in [2.24, 2.45) is 5.10 Å². The fraction of sp³-hybridized carbons (Fsp3) is 0.158. The van der Waals surface area contributed by atoms with Crippen molar-refractivity contribution in [3.63, 3.8) is 0 Å². The Morgan fingerprint density at radius 3 is 2.67 bits per heavy atom. The molecule has 1 aromatic heterocycles. The Labute approximate surface area is 168 Å². The zero-order chi connectivity index (χ0) is 21.8. The molecule has 3 rings (SSSR count). The quantitative estimate of drug-likeness (QED) is 0.279. The van der Waals surface area contributed by atoms with Gasteiger partial charge in [0.25, 0.3) is 5.56 Å². The molecule has 0 bridgehead atoms. The number of nitrogens with one attached hydrogen (secondary N) is 1. The molecule has 11 heteroatoms. The molecule has 0 fully saturated rings. The van der Waals surface area contributed by atoms with Gasteiger partial charge in [-0.15, -0.1) is 4.68 Å². The highest BCUT2D eigenvalue weighted by Crippen LogP contribution is 2.31. The number of carbonyl (C=O) groups excluding carboxylic acids is 1. The van der Waals surface area contributed by atoms with Gasteiger partial charge in [0.05, 0.1) is 29.2 Å². The number of carbonyl (C=O) groups is 1. The summed E-state index contributed by atoms with van der Waals surface area (Å²) >= 11 is 0. The van der Waals surface area contributed by atoms with Crippen molar-refractivity contribution < 1.29 is 19.2 Å². The smallest absolute Gasteiger partial charge is 0.349 e. The first kappa shape index (κ1) is 20.5. The van der Waals surface area contributed by atoms with Crippen LogP contribution in [0.25, 0.3) is 10.9 Å². The van der Waals surface area contributed by atoms with Crippen LogP contribution in [0.15, 0.2) is 57.2 Å². The number of nitrogens with zero attached hydrogens (tertiary/aromatic N) is 3. The first-order valence-corrected chi connectivity index (χ1v) is 8.63. The fourth-order valence-corrected chi connectivity index (χ4v) is 2.68. The lowest BCUT2D eigenvalue weighted by molar-refractivity contribution is -0.386. The molecule has 3 aromatic rings. The summed E-state index contributed by atoms with van der Waals surface area (Å²) in [4.78, 5) is 49.7. The number of para-hydroxylation sites is 2. The van der Waals surface area contributed by atoms with Crippen molar-refractivity contribution in [2.45, 2.75) is 13.0 Å². The third-order valence-corrected chi connectivity index (χ3v) is 4.15. The van der Waals surface area contributed by atoms with Gasteiger partial charge in [0, 0.05) is 11.6 Å². The second-order valence-electron chi connectivity index (χ2n) is 6.07. The molecule has 0 unspecified atom stereocenters. The Hall–Kier alpha value is -4.28. The van der Waals surface area contributed by atoms with Crippen LogP contribution in [0.3, 0.4) is 0 Å². The Balaban J connectivity index is 2.10. The van der Waals surface area contributed by atoms with E-state index in [1.807, 2.05) is 0 Å². The number of methoxy groups -OCH3 is 1. The zero-order valence-electron chi connectivity index (χ0n) is 15.9. The van der Waals surface area contributed by atoms with E-state index in [0.29, 0.717) is 10.2 Å². The number of rotatable bonds is 6. The molecule has 1 N–H and O–H groups in total. The maximum atomic E-state index is 12.6. The molecule has 154 valence electrons. The van der Waals surface area contributed by atoms with Crippen molar-refractivity contribution >= 4 is 28.8 Å². The van der Waals surface area contributed by atoms with Gasteiger partial charge in [-0.2, -0.15) is 5.10 Å². The molecule has 11 nitrogen and oxygen atoms in total. The second-order valence-corrected chi connectivity index (χ2v) is 6.07. The molecule has 0 spiro atoms. The number of benzene rings is 2. The van der Waals surface area contributed by atoms with Crippen molar-refractivity contribution in [1.82, 2.24) is 9.66 Å². The topological polar surface area (TPSA) is 146 Å². The number of fused-ring (bicyclic) bond motifs is 1. The maximum Gasteiger partial charge on any atom is 0.349 e. The summed E-state index contributed by atoms with van der Waals surface area (Å²) in [5.74, 6) is -0.993. The first-order valence-electron chi connectivity index (χ1n) is 8.63. The normalized spacial score (nSPS) is 12.1. The van der Waals surface area contributed by atoms with E-state index >= 15 is 0 Å². The van der Waals surface area contributed by atoms with Crippen molar-refractivity contribution in [3.8, 4) is 5.75 Å². The lowest BCUT2D eigenvalue weighted by Gasteiger charge is -2.14. The Kier molecular flexibility index (Phi) is 5.72. The van der Waals surface area contributed by atoms with Gasteiger partial charge in [-0.05, 0) is 25.1 Å². The summed E-state index contributed by atoms with van der Waals surface area (Å²) < 4.78 is 10.6. The van der Waals surface area contributed by atoms with E-state index in [2.05, 4.69) is 14.8 Å². The SMILES string of the molecule is COC(=O)[C@H](C)Oc1c(C=Nn2c(=O)[nH]c3ccccc3c2=O)cccc1[N+](=O)[O-]. The summed E-state index contributed by atoms with van der Waals surface area (Å²) in [6.07, 6.45) is -0.0763. The minimum atomic E-state index is -1.14. The minimum Gasteiger partial charge on any atom is -0.471 e. The molecule has 0 aliphatic rings. The van der Waals surface area contributed by atoms with Crippen LogP contribution >= 0.6 is 0 Å². The summed E-state index contributed by atoms with van der Waals surface area (Å²) in [6.45, 7) is 1.36. The van der Waals surface area contributed by atoms with Crippen LogP contribution in [0.2, 0.25) is 0 Å². The molecule has 0 amide bonds. The molecule has 0 saturated carbocycles. The van der Waals surface area contributed by atoms with Gasteiger partial charge >= 0.3 is 17.3 Å². The number of ether oxygens (including phenoxy) is 2. The van der Waals surface area contributed by atoms with Crippen LogP contribution < -0.4 is 16.0 Å². The van der Waals surface area contributed by atoms with Crippen LogP contribution in [0, 0.1) is 10.1 Å². The van der Waals surface area contributed by atoms with Gasteiger partial charge < -0.3 is 14.5 Å². The Bertz CT molecular complexity index is 1280. The molecular weight excluding hydrogens is 396 g/mol. The first-order chi connectivity index (χ1) is 14.3. The van der Waals surface area contributed by atoms with E-state index in [4.69, 9.17) is 4.74 Å². The lowest BCUT2D eigenvalue weighted by Crippen LogP contribution is -2.32. The third-order valence-electron chi connectivity index (χ3n) is 4.15. The number of aromatic amines is 1. The van der Waals surface area contributed by atoms with Gasteiger partial charge in [0.15, 0.2) is 6.10 Å². The van der Waals surface area contributed by atoms with Crippen LogP contribution in [-0.4, -0.2) is 40.0 Å². The Morgan fingerprint density at radius 2 is 1.97 bits per heavy atom. The highest BCUT2D eigenvalue weighted by atomic mass is 16.6. The standard InChI is InChI=1S/C19H16N4O7/c1-11(18(25)29-2)30-16-12(6-5-9-15(16)23(27)28)10-20-22-17(24)13-7-3-4-8-14(13)21-19(22)26/h3-11H,1-2H3,(H,21,26)/t11-/m0/s1. The van der Waals surface area contributed by atoms with E-state index in [9.17, 15) is 24.5 Å². The predicted molar refractivity (Wildman–Crippen MR) is 107 cm³/mol. The maximum absolute atomic E-state index is 12.6. The number of esters is 1. The number of nitro groups is 1. The van der Waals surface area contributed by atoms with Gasteiger partial charge in [-0.3, -0.25) is 14.9 Å². The van der Waals surface area contributed by atoms with Crippen molar-refractivity contribution in [3.05, 3.63) is 79.0 Å². The second kappa shape index (κ2) is 8.39. The molecule has 1 atom stereocenters. The number of H-pyrrole nitrogens is 1. The van der Waals surface area contributed by atoms with Gasteiger partial charge in [-0.25, -0.2) is 9.59 Å². The van der Waals surface area contributed by atoms with Crippen LogP contribution in [0.5, 0.6) is 5.75 Å². The fourth-order valence-electron chi connectivity index (χ4n) is 2.68. The molecule has 0 aliphatic heterocycles. The molecular formula is C19H16N4O7. The average Bonchev–Trinajstić information content (AvgIpc) is 2.73. The lowest BCUT2D eigenvalue weighted by atomic mass is 10.2. The summed E-state index contributed by atoms with van der Waals surface area (Å²) in [7, 11) is 1.16. The number of hydrogen-bond donors (Lipinski definition) is 1. The van der Waals surface area contributed by atoms with Crippen molar-refractivity contribution in [2.75, 3.05) is 7.11 Å². The molecule has 0 saturated heterocycles. The minimum absolute atomic E-state index is 0.0828. The van der Waals surface area contributed by atoms with Crippen LogP contribution in [0.1, 0.15) is 12.5 Å². The summed E-state index contributed by atoms with van der Waals surface area (Å²) in [5, 5.41) is 15.5. The third kappa shape index (κ3) is 3.94. The summed E-state index contributed by atoms with van der Waals surface area (Å²) in [6, 6.07) is 10.4. The number of hydrogen-bond acceptors (Lipinski definition) is 8. The average molecular weight is 412 g/mol. The highest BCUT2D eigenvalue weighted by molar-refractivity contribution is 5.86. The molecule has 0 radical (unpaired) electrons. The number of aromatic nitrogens is 2. The van der Waals surface area contributed by atoms with E-state index < -0.39 is 33.9 Å². The molecule has 2 aromatic carbocycles. The largest absolute Gasteiger partial charge is 0.471 e. The van der Waals surface area contributed by atoms with Gasteiger partial charge in [0.1, 0.15) is 0 Å². The van der Waals surface area contributed by atoms with Crippen molar-refractivity contribution in [1.29, 1.82) is 0 Å². The predicted octanol–water partition coefficient (Wildman–Crippen LogP) is 1.42. The Morgan fingerprint density at radius 1 is 1.23 bits per heavy atom. The monoisotopic (exact) mass is 412 g/mol. The highest BCUT2D eigenvalue weighted by Gasteiger charge is 2.24. The van der Waals surface area contributed by atoms with Gasteiger partial charge in [0.2, 0.25) is 5.75 Å². The van der Waals surface area contributed by atoms with Crippen LogP contribution in [0.4, 0.5) is 5.69 Å². The van der Waals surface area contributed by atoms with Crippen LogP contribution in [-0.2, 0) is 9.53 Å². The molecule has 1 heterocycles. The van der Waals surface area contributed by atoms with E-state index in [1.165, 1.54) is 31.2 Å². The molecule has 30 heavy (non-hydrogen) atoms. The van der Waals surface area contributed by atoms with E-state index in [1.54, 1.807) is 18.2 Å². The van der Waals surface area contributed by atoms with E-state index in [0.717, 1.165) is 13.3 Å². The van der Waals surface area contributed by atoms with Gasteiger partial charge in [-0.1, -0.05) is 18.2 Å². The molecule has 0 aliphatic carbocycles. The summed E-state index contributed by atoms with van der Waals surface area (Å²) in [5.41, 5.74) is -1.44. The zero-order valence-corrected chi connectivity index (χ0v) is 15.9. The number of nitro benzene ring substituents is 1.